The molecule has 2 N–H and O–H groups in total. The monoisotopic (exact) mass is 183 g/mol. The van der Waals surface area contributed by atoms with Gasteiger partial charge in [-0.3, -0.25) is 0 Å². The summed E-state index contributed by atoms with van der Waals surface area (Å²) in [7, 11) is 0. The third kappa shape index (κ3) is 2.50. The largest absolute Gasteiger partial charge is 0.304 e. The Kier molecular flexibility index (Phi) is 3.39. The number of benzene rings is 1. The zero-order valence-corrected chi connectivity index (χ0v) is 7.88. The van der Waals surface area contributed by atoms with Gasteiger partial charge in [0.05, 0.1) is 6.61 Å². The van der Waals surface area contributed by atoms with Gasteiger partial charge in [0.1, 0.15) is 5.82 Å². The molecule has 72 valence electrons. The van der Waals surface area contributed by atoms with Gasteiger partial charge in [-0.25, -0.2) is 10.3 Å². The van der Waals surface area contributed by atoms with Crippen LogP contribution in [0.5, 0.6) is 0 Å². The predicted octanol–water partition coefficient (Wildman–Crippen LogP) is 2.13. The zero-order chi connectivity index (χ0) is 9.84. The number of aryl methyl sites for hydroxylation is 1. The molecular formula is C10H14FNO. The highest BCUT2D eigenvalue weighted by atomic mass is 19.1. The first-order chi connectivity index (χ1) is 6.15. The molecule has 1 rings (SSSR count). The van der Waals surface area contributed by atoms with E-state index >= 15 is 0 Å². The first-order valence-corrected chi connectivity index (χ1v) is 4.23. The smallest absolute Gasteiger partial charge is 0.127 e. The summed E-state index contributed by atoms with van der Waals surface area (Å²) in [5.41, 5.74) is 1.57. The normalized spacial score (nSPS) is 12.9. The first-order valence-electron chi connectivity index (χ1n) is 4.23. The second-order valence-corrected chi connectivity index (χ2v) is 3.26. The molecule has 1 aromatic carbocycles. The van der Waals surface area contributed by atoms with Crippen molar-refractivity contribution in [1.29, 1.82) is 0 Å². The van der Waals surface area contributed by atoms with Crippen molar-refractivity contribution in [3.05, 3.63) is 35.1 Å². The highest BCUT2D eigenvalue weighted by Gasteiger charge is 2.10. The van der Waals surface area contributed by atoms with Crippen LogP contribution >= 0.6 is 0 Å². The molecule has 0 aliphatic carbocycles. The summed E-state index contributed by atoms with van der Waals surface area (Å²) in [6.45, 7) is 4.07. The van der Waals surface area contributed by atoms with Crippen molar-refractivity contribution in [2.45, 2.75) is 19.8 Å². The van der Waals surface area contributed by atoms with Crippen LogP contribution in [0, 0.1) is 12.7 Å². The molecule has 3 heteroatoms. The van der Waals surface area contributed by atoms with Crippen LogP contribution in [0.4, 0.5) is 4.39 Å². The zero-order valence-electron chi connectivity index (χ0n) is 7.88. The highest BCUT2D eigenvalue weighted by molar-refractivity contribution is 5.26. The van der Waals surface area contributed by atoms with Crippen molar-refractivity contribution in [3.63, 3.8) is 0 Å². The van der Waals surface area contributed by atoms with Crippen molar-refractivity contribution in [1.82, 2.24) is 0 Å². The number of rotatable bonds is 3. The summed E-state index contributed by atoms with van der Waals surface area (Å²) >= 11 is 0. The number of hydrogen-bond donors (Lipinski definition) is 1. The predicted molar refractivity (Wildman–Crippen MR) is 49.7 cm³/mol. The summed E-state index contributed by atoms with van der Waals surface area (Å²) in [4.78, 5) is 4.48. The second-order valence-electron chi connectivity index (χ2n) is 3.26. The first kappa shape index (κ1) is 10.2. The summed E-state index contributed by atoms with van der Waals surface area (Å²) in [5, 5.41) is 0. The molecule has 0 heterocycles. The Hall–Kier alpha value is -0.930. The maximum Gasteiger partial charge on any atom is 0.127 e. The average molecular weight is 183 g/mol. The van der Waals surface area contributed by atoms with Gasteiger partial charge in [0.2, 0.25) is 0 Å². The van der Waals surface area contributed by atoms with E-state index in [0.717, 1.165) is 5.56 Å². The molecule has 0 aliphatic heterocycles. The van der Waals surface area contributed by atoms with Gasteiger partial charge in [0.25, 0.3) is 0 Å². The van der Waals surface area contributed by atoms with E-state index in [2.05, 4.69) is 4.84 Å². The van der Waals surface area contributed by atoms with E-state index in [0.29, 0.717) is 12.2 Å². The quantitative estimate of drug-likeness (QED) is 0.728. The average Bonchev–Trinajstić information content (AvgIpc) is 2.04. The Bertz CT molecular complexity index is 288. The van der Waals surface area contributed by atoms with Gasteiger partial charge in [0.15, 0.2) is 0 Å². The minimum Gasteiger partial charge on any atom is -0.304 e. The molecule has 0 fully saturated rings. The number of nitrogens with two attached hydrogens (primary N) is 1. The maximum atomic E-state index is 13.3. The molecule has 0 radical (unpaired) electrons. The fourth-order valence-corrected chi connectivity index (χ4v) is 1.27. The van der Waals surface area contributed by atoms with E-state index in [-0.39, 0.29) is 11.7 Å². The third-order valence-electron chi connectivity index (χ3n) is 2.03. The molecule has 1 atom stereocenters. The van der Waals surface area contributed by atoms with E-state index in [4.69, 9.17) is 5.90 Å². The second kappa shape index (κ2) is 4.35. The molecule has 0 amide bonds. The lowest BCUT2D eigenvalue weighted by Crippen LogP contribution is -2.09. The fraction of sp³-hybridized carbons (Fsp3) is 0.400. The lowest BCUT2D eigenvalue weighted by atomic mass is 10.0. The molecule has 2 nitrogen and oxygen atoms in total. The van der Waals surface area contributed by atoms with Gasteiger partial charge in [-0.1, -0.05) is 19.1 Å². The van der Waals surface area contributed by atoms with E-state index in [9.17, 15) is 4.39 Å². The Morgan fingerprint density at radius 3 is 2.77 bits per heavy atom. The summed E-state index contributed by atoms with van der Waals surface area (Å²) in [6.07, 6.45) is 0. The summed E-state index contributed by atoms with van der Waals surface area (Å²) < 4.78 is 13.3. The van der Waals surface area contributed by atoms with Crippen LogP contribution < -0.4 is 5.90 Å². The molecule has 1 unspecified atom stereocenters. The molecule has 0 aromatic heterocycles. The van der Waals surface area contributed by atoms with Crippen molar-refractivity contribution in [2.75, 3.05) is 6.61 Å². The SMILES string of the molecule is Cc1ccc(C(C)CON)c(F)c1. The van der Waals surface area contributed by atoms with Crippen LogP contribution in [0.3, 0.4) is 0 Å². The molecular weight excluding hydrogens is 169 g/mol. The van der Waals surface area contributed by atoms with Gasteiger partial charge < -0.3 is 4.84 Å². The van der Waals surface area contributed by atoms with Crippen LogP contribution in [-0.2, 0) is 4.84 Å². The van der Waals surface area contributed by atoms with Crippen molar-refractivity contribution in [2.24, 2.45) is 5.90 Å². The van der Waals surface area contributed by atoms with E-state index in [1.54, 1.807) is 6.07 Å². The summed E-state index contributed by atoms with van der Waals surface area (Å²) in [5.74, 6) is 4.73. The van der Waals surface area contributed by atoms with Gasteiger partial charge in [-0.2, -0.15) is 0 Å². The summed E-state index contributed by atoms with van der Waals surface area (Å²) in [6, 6.07) is 5.17. The molecule has 0 saturated carbocycles. The minimum absolute atomic E-state index is 0.00870. The molecule has 0 bridgehead atoms. The van der Waals surface area contributed by atoms with Crippen LogP contribution in [0.15, 0.2) is 18.2 Å². The van der Waals surface area contributed by atoms with Crippen LogP contribution in [-0.4, -0.2) is 6.61 Å². The van der Waals surface area contributed by atoms with Crippen molar-refractivity contribution >= 4 is 0 Å². The van der Waals surface area contributed by atoms with Crippen molar-refractivity contribution < 1.29 is 9.23 Å². The van der Waals surface area contributed by atoms with Crippen LogP contribution in [0.25, 0.3) is 0 Å². The van der Waals surface area contributed by atoms with Gasteiger partial charge >= 0.3 is 0 Å². The van der Waals surface area contributed by atoms with E-state index in [1.807, 2.05) is 19.9 Å². The minimum atomic E-state index is -0.190. The number of hydrogen-bond acceptors (Lipinski definition) is 2. The van der Waals surface area contributed by atoms with Crippen LogP contribution in [0.1, 0.15) is 24.0 Å². The van der Waals surface area contributed by atoms with Gasteiger partial charge in [0, 0.05) is 5.92 Å². The van der Waals surface area contributed by atoms with E-state index in [1.165, 1.54) is 6.07 Å². The molecule has 0 saturated heterocycles. The van der Waals surface area contributed by atoms with E-state index < -0.39 is 0 Å². The Morgan fingerprint density at radius 2 is 2.23 bits per heavy atom. The van der Waals surface area contributed by atoms with Crippen LogP contribution in [0.2, 0.25) is 0 Å². The van der Waals surface area contributed by atoms with Crippen molar-refractivity contribution in [3.8, 4) is 0 Å². The number of halogens is 1. The lowest BCUT2D eigenvalue weighted by molar-refractivity contribution is 0.126. The van der Waals surface area contributed by atoms with Gasteiger partial charge in [-0.15, -0.1) is 0 Å². The standard InChI is InChI=1S/C10H14FNO/c1-7-3-4-9(10(11)5-7)8(2)6-13-12/h3-5,8H,6,12H2,1-2H3. The molecule has 13 heavy (non-hydrogen) atoms. The highest BCUT2D eigenvalue weighted by Crippen LogP contribution is 2.19. The molecule has 0 spiro atoms. The maximum absolute atomic E-state index is 13.3. The topological polar surface area (TPSA) is 35.2 Å². The Balaban J connectivity index is 2.88. The molecule has 0 aliphatic rings. The fourth-order valence-electron chi connectivity index (χ4n) is 1.27. The third-order valence-corrected chi connectivity index (χ3v) is 2.03. The lowest BCUT2D eigenvalue weighted by Gasteiger charge is -2.11. The molecule has 1 aromatic rings. The Labute approximate surface area is 77.5 Å². The Morgan fingerprint density at radius 1 is 1.54 bits per heavy atom. The van der Waals surface area contributed by atoms with Gasteiger partial charge in [-0.05, 0) is 24.1 Å².